The number of nitrogens with zero attached hydrogens (tertiary/aromatic N) is 1. The summed E-state index contributed by atoms with van der Waals surface area (Å²) >= 11 is 0. The average Bonchev–Trinajstić information content (AvgIpc) is 2.23. The van der Waals surface area contributed by atoms with Crippen LogP contribution in [-0.4, -0.2) is 49.3 Å². The number of hydrogen-bond donors (Lipinski definition) is 0. The minimum atomic E-state index is -0.326. The van der Waals surface area contributed by atoms with Crippen molar-refractivity contribution < 1.29 is 14.3 Å². The van der Waals surface area contributed by atoms with Crippen LogP contribution >= 0.6 is 0 Å². The van der Waals surface area contributed by atoms with Crippen molar-refractivity contribution in [1.82, 2.24) is 4.90 Å². The molecular formula is C18H37NO3. The summed E-state index contributed by atoms with van der Waals surface area (Å²) in [7, 11) is 0. The monoisotopic (exact) mass is 315 g/mol. The summed E-state index contributed by atoms with van der Waals surface area (Å²) < 4.78 is 11.5. The number of carbonyl (C=O) groups excluding carboxylic acids is 1. The second-order valence-electron chi connectivity index (χ2n) is 9.22. The number of ether oxygens (including phenoxy) is 2. The van der Waals surface area contributed by atoms with Crippen molar-refractivity contribution in [3.05, 3.63) is 0 Å². The Morgan fingerprint density at radius 3 is 1.91 bits per heavy atom. The average molecular weight is 315 g/mol. The summed E-state index contributed by atoms with van der Waals surface area (Å²) in [4.78, 5) is 14.3. The maximum atomic E-state index is 12.3. The van der Waals surface area contributed by atoms with E-state index in [4.69, 9.17) is 9.47 Å². The quantitative estimate of drug-likeness (QED) is 0.640. The molecule has 0 unspecified atom stereocenters. The van der Waals surface area contributed by atoms with E-state index < -0.39 is 0 Å². The Morgan fingerprint density at radius 1 is 0.955 bits per heavy atom. The van der Waals surface area contributed by atoms with Crippen molar-refractivity contribution in [3.8, 4) is 0 Å². The van der Waals surface area contributed by atoms with Gasteiger partial charge in [-0.1, -0.05) is 41.5 Å². The van der Waals surface area contributed by atoms with Crippen LogP contribution in [0, 0.1) is 10.8 Å². The van der Waals surface area contributed by atoms with Crippen LogP contribution in [0.1, 0.15) is 62.3 Å². The molecule has 0 saturated heterocycles. The molecule has 0 radical (unpaired) electrons. The van der Waals surface area contributed by atoms with E-state index in [2.05, 4.69) is 20.8 Å². The maximum Gasteiger partial charge on any atom is 0.152 e. The fourth-order valence-electron chi connectivity index (χ4n) is 1.59. The third-order valence-electron chi connectivity index (χ3n) is 2.96. The molecule has 4 heteroatoms. The van der Waals surface area contributed by atoms with E-state index in [1.54, 1.807) is 0 Å². The third-order valence-corrected chi connectivity index (χ3v) is 2.96. The van der Waals surface area contributed by atoms with Gasteiger partial charge in [0.1, 0.15) is 0 Å². The first-order chi connectivity index (χ1) is 9.71. The van der Waals surface area contributed by atoms with Crippen LogP contribution in [0.2, 0.25) is 0 Å². The van der Waals surface area contributed by atoms with E-state index in [9.17, 15) is 4.79 Å². The maximum absolute atomic E-state index is 12.3. The first-order valence-corrected chi connectivity index (χ1v) is 8.18. The van der Waals surface area contributed by atoms with Gasteiger partial charge in [-0.3, -0.25) is 9.69 Å². The molecule has 4 nitrogen and oxygen atoms in total. The lowest BCUT2D eigenvalue weighted by Crippen LogP contribution is -2.40. The highest BCUT2D eigenvalue weighted by atomic mass is 16.5. The lowest BCUT2D eigenvalue weighted by Gasteiger charge is -2.28. The van der Waals surface area contributed by atoms with E-state index >= 15 is 0 Å². The topological polar surface area (TPSA) is 38.8 Å². The molecule has 0 heterocycles. The molecule has 0 spiro atoms. The molecule has 0 amide bonds. The number of carbonyl (C=O) groups is 1. The smallest absolute Gasteiger partial charge is 0.152 e. The standard InChI is InChI=1S/C18H37NO3/c1-16(2,3)13-21-14-19(10-11-22-18(7,8)9)12-15(20)17(4,5)6/h10-14H2,1-9H3. The Kier molecular flexibility index (Phi) is 8.24. The van der Waals surface area contributed by atoms with Crippen LogP contribution < -0.4 is 0 Å². The molecule has 0 rings (SSSR count). The highest BCUT2D eigenvalue weighted by Crippen LogP contribution is 2.16. The second-order valence-corrected chi connectivity index (χ2v) is 9.22. The Balaban J connectivity index is 4.46. The fraction of sp³-hybridized carbons (Fsp3) is 0.944. The van der Waals surface area contributed by atoms with Gasteiger partial charge in [-0.15, -0.1) is 0 Å². The lowest BCUT2D eigenvalue weighted by atomic mass is 9.90. The number of ketones is 1. The first-order valence-electron chi connectivity index (χ1n) is 8.18. The van der Waals surface area contributed by atoms with Gasteiger partial charge in [0.05, 0.1) is 32.1 Å². The zero-order valence-corrected chi connectivity index (χ0v) is 16.2. The normalized spacial score (nSPS) is 13.7. The lowest BCUT2D eigenvalue weighted by molar-refractivity contribution is -0.130. The van der Waals surface area contributed by atoms with Gasteiger partial charge < -0.3 is 9.47 Å². The highest BCUT2D eigenvalue weighted by Gasteiger charge is 2.24. The van der Waals surface area contributed by atoms with E-state index in [0.717, 1.165) is 0 Å². The predicted octanol–water partition coefficient (Wildman–Crippen LogP) is 3.74. The summed E-state index contributed by atoms with van der Waals surface area (Å²) in [5.41, 5.74) is -0.360. The van der Waals surface area contributed by atoms with E-state index in [1.807, 2.05) is 46.4 Å². The number of rotatable bonds is 8. The Morgan fingerprint density at radius 2 is 1.50 bits per heavy atom. The van der Waals surface area contributed by atoms with Crippen LogP contribution in [0.5, 0.6) is 0 Å². The van der Waals surface area contributed by atoms with Crippen molar-refractivity contribution in [3.63, 3.8) is 0 Å². The Bertz CT molecular complexity index is 312. The second kappa shape index (κ2) is 8.42. The molecule has 0 aliphatic carbocycles. The van der Waals surface area contributed by atoms with Gasteiger partial charge in [0, 0.05) is 12.0 Å². The third kappa shape index (κ3) is 12.1. The van der Waals surface area contributed by atoms with Gasteiger partial charge in [0.15, 0.2) is 5.78 Å². The molecule has 22 heavy (non-hydrogen) atoms. The largest absolute Gasteiger partial charge is 0.375 e. The fourth-order valence-corrected chi connectivity index (χ4v) is 1.59. The minimum Gasteiger partial charge on any atom is -0.375 e. The molecule has 0 bridgehead atoms. The van der Waals surface area contributed by atoms with Crippen LogP contribution in [0.4, 0.5) is 0 Å². The molecule has 0 saturated carbocycles. The molecule has 132 valence electrons. The molecule has 0 N–H and O–H groups in total. The van der Waals surface area contributed by atoms with E-state index in [0.29, 0.717) is 33.0 Å². The molecular weight excluding hydrogens is 278 g/mol. The summed E-state index contributed by atoms with van der Waals surface area (Å²) in [6.45, 7) is 21.2. The zero-order chi connectivity index (χ0) is 17.6. The molecule has 0 atom stereocenters. The minimum absolute atomic E-state index is 0.127. The molecule has 0 aromatic heterocycles. The molecule has 0 aromatic carbocycles. The molecule has 0 fully saturated rings. The molecule has 0 aromatic rings. The van der Waals surface area contributed by atoms with Gasteiger partial charge in [0.2, 0.25) is 0 Å². The summed E-state index contributed by atoms with van der Waals surface area (Å²) in [6, 6.07) is 0. The van der Waals surface area contributed by atoms with Crippen LogP contribution in [0.15, 0.2) is 0 Å². The van der Waals surface area contributed by atoms with Crippen molar-refractivity contribution in [2.45, 2.75) is 67.9 Å². The molecule has 0 aliphatic rings. The predicted molar refractivity (Wildman–Crippen MR) is 92.0 cm³/mol. The van der Waals surface area contributed by atoms with Crippen molar-refractivity contribution in [1.29, 1.82) is 0 Å². The number of hydrogen-bond acceptors (Lipinski definition) is 4. The Labute approximate surface area is 137 Å². The summed E-state index contributed by atoms with van der Waals surface area (Å²) in [5.74, 6) is 0.225. The van der Waals surface area contributed by atoms with E-state index in [-0.39, 0.29) is 22.2 Å². The van der Waals surface area contributed by atoms with Gasteiger partial charge >= 0.3 is 0 Å². The van der Waals surface area contributed by atoms with Crippen molar-refractivity contribution in [2.24, 2.45) is 10.8 Å². The van der Waals surface area contributed by atoms with Crippen LogP contribution in [-0.2, 0) is 14.3 Å². The first kappa shape index (κ1) is 21.6. The van der Waals surface area contributed by atoms with Gasteiger partial charge in [0.25, 0.3) is 0 Å². The van der Waals surface area contributed by atoms with Gasteiger partial charge in [-0.25, -0.2) is 0 Å². The van der Waals surface area contributed by atoms with Crippen LogP contribution in [0.3, 0.4) is 0 Å². The Hall–Kier alpha value is -0.450. The van der Waals surface area contributed by atoms with Gasteiger partial charge in [-0.2, -0.15) is 0 Å². The van der Waals surface area contributed by atoms with E-state index in [1.165, 1.54) is 0 Å². The number of Topliss-reactive ketones (excluding diaryl/α,β-unsaturated/α-hetero) is 1. The highest BCUT2D eigenvalue weighted by molar-refractivity contribution is 5.85. The summed E-state index contributed by atoms with van der Waals surface area (Å²) in [5, 5.41) is 0. The van der Waals surface area contributed by atoms with Crippen molar-refractivity contribution >= 4 is 5.78 Å². The van der Waals surface area contributed by atoms with Crippen molar-refractivity contribution in [2.75, 3.05) is 33.0 Å². The summed E-state index contributed by atoms with van der Waals surface area (Å²) in [6.07, 6.45) is 0. The zero-order valence-electron chi connectivity index (χ0n) is 16.2. The van der Waals surface area contributed by atoms with Crippen LogP contribution in [0.25, 0.3) is 0 Å². The SMILES string of the molecule is CC(C)(C)COCN(CCOC(C)(C)C)CC(=O)C(C)(C)C. The van der Waals surface area contributed by atoms with Gasteiger partial charge in [-0.05, 0) is 26.2 Å². The molecule has 0 aliphatic heterocycles.